The van der Waals surface area contributed by atoms with Crippen molar-refractivity contribution >= 4 is 34.5 Å². The molecule has 0 unspecified atom stereocenters. The maximum absolute atomic E-state index is 12.9. The van der Waals surface area contributed by atoms with Gasteiger partial charge in [-0.25, -0.2) is 0 Å². The van der Waals surface area contributed by atoms with Gasteiger partial charge in [-0.3, -0.25) is 4.79 Å². The highest BCUT2D eigenvalue weighted by molar-refractivity contribution is 7.09. The molecule has 0 fully saturated rings. The standard InChI is InChI=1S/C32H43ClN2O2S/c1-3-4-5-6-7-8-9-10-11-12-13-14-21-37-29-18-19-31(30(33)24-29)34-32(36)28-17-15-16-27(23-28)25-35-20-22-38-26(35)2/h15-20,22-24H,3-14,21,25H2,1-2H3/p+1. The van der Waals surface area contributed by atoms with E-state index >= 15 is 0 Å². The number of thiazole rings is 1. The highest BCUT2D eigenvalue weighted by Gasteiger charge is 2.13. The van der Waals surface area contributed by atoms with Gasteiger partial charge in [-0.2, -0.15) is 4.57 Å². The number of carbonyl (C=O) groups excluding carboxylic acids is 1. The number of anilines is 1. The van der Waals surface area contributed by atoms with Crippen LogP contribution in [0, 0.1) is 6.92 Å². The number of nitrogens with zero attached hydrogens (tertiary/aromatic N) is 1. The molecular formula is C32H44ClN2O2S+. The zero-order valence-corrected chi connectivity index (χ0v) is 24.7. The number of ether oxygens (including phenoxy) is 1. The average Bonchev–Trinajstić information content (AvgIpc) is 3.32. The van der Waals surface area contributed by atoms with E-state index in [1.807, 2.05) is 36.4 Å². The number of halogens is 1. The van der Waals surface area contributed by atoms with Gasteiger partial charge in [-0.05, 0) is 30.7 Å². The van der Waals surface area contributed by atoms with E-state index in [1.165, 1.54) is 75.6 Å². The van der Waals surface area contributed by atoms with Crippen LogP contribution in [0.1, 0.15) is 105 Å². The Balaban J connectivity index is 1.33. The third kappa shape index (κ3) is 10.8. The van der Waals surface area contributed by atoms with Gasteiger partial charge >= 0.3 is 0 Å². The lowest BCUT2D eigenvalue weighted by atomic mass is 10.1. The summed E-state index contributed by atoms with van der Waals surface area (Å²) in [6, 6.07) is 13.2. The van der Waals surface area contributed by atoms with Crippen molar-refractivity contribution in [3.8, 4) is 5.75 Å². The molecule has 206 valence electrons. The van der Waals surface area contributed by atoms with Gasteiger partial charge in [0.15, 0.2) is 12.7 Å². The molecular weight excluding hydrogens is 512 g/mol. The predicted molar refractivity (Wildman–Crippen MR) is 161 cm³/mol. The maximum Gasteiger partial charge on any atom is 0.255 e. The number of hydrogen-bond donors (Lipinski definition) is 1. The summed E-state index contributed by atoms with van der Waals surface area (Å²) >= 11 is 8.18. The SMILES string of the molecule is CCCCCCCCCCCCCCOc1ccc(NC(=O)c2cccc(C[n+]3ccsc3C)c2)c(Cl)c1. The first-order chi connectivity index (χ1) is 18.6. The van der Waals surface area contributed by atoms with Gasteiger partial charge in [-0.1, -0.05) is 113 Å². The second kappa shape index (κ2) is 17.3. The molecule has 0 saturated carbocycles. The number of aryl methyl sites for hydroxylation is 1. The van der Waals surface area contributed by atoms with E-state index in [-0.39, 0.29) is 5.91 Å². The molecule has 0 saturated heterocycles. The fourth-order valence-corrected chi connectivity index (χ4v) is 5.44. The van der Waals surface area contributed by atoms with E-state index in [4.69, 9.17) is 16.3 Å². The van der Waals surface area contributed by atoms with Crippen LogP contribution in [-0.2, 0) is 6.54 Å². The highest BCUT2D eigenvalue weighted by Crippen LogP contribution is 2.27. The van der Waals surface area contributed by atoms with Gasteiger partial charge in [0.25, 0.3) is 5.91 Å². The number of amides is 1. The Hall–Kier alpha value is -2.37. The van der Waals surface area contributed by atoms with Crippen LogP contribution in [0.25, 0.3) is 0 Å². The quantitative estimate of drug-likeness (QED) is 0.125. The molecule has 1 amide bonds. The number of aromatic nitrogens is 1. The van der Waals surface area contributed by atoms with Crippen LogP contribution in [0.5, 0.6) is 5.75 Å². The molecule has 0 aliphatic carbocycles. The largest absolute Gasteiger partial charge is 0.494 e. The Labute approximate surface area is 238 Å². The van der Waals surface area contributed by atoms with E-state index in [0.29, 0.717) is 22.9 Å². The molecule has 0 radical (unpaired) electrons. The van der Waals surface area contributed by atoms with Crippen molar-refractivity contribution in [2.24, 2.45) is 0 Å². The number of unbranched alkanes of at least 4 members (excludes halogenated alkanes) is 11. The third-order valence-electron chi connectivity index (χ3n) is 6.88. The Morgan fingerprint density at radius 1 is 0.921 bits per heavy atom. The van der Waals surface area contributed by atoms with E-state index in [2.05, 4.69) is 35.3 Å². The molecule has 0 bridgehead atoms. The monoisotopic (exact) mass is 555 g/mol. The van der Waals surface area contributed by atoms with Gasteiger partial charge in [-0.15, -0.1) is 0 Å². The zero-order valence-electron chi connectivity index (χ0n) is 23.1. The molecule has 6 heteroatoms. The first-order valence-corrected chi connectivity index (χ1v) is 15.6. The highest BCUT2D eigenvalue weighted by atomic mass is 35.5. The molecule has 3 aromatic rings. The Morgan fingerprint density at radius 2 is 1.61 bits per heavy atom. The summed E-state index contributed by atoms with van der Waals surface area (Å²) in [5.41, 5.74) is 2.28. The molecule has 2 aromatic carbocycles. The molecule has 0 aliphatic heterocycles. The van der Waals surface area contributed by atoms with E-state index < -0.39 is 0 Å². The number of nitrogens with one attached hydrogen (secondary N) is 1. The fraction of sp³-hybridized carbons (Fsp3) is 0.500. The van der Waals surface area contributed by atoms with Gasteiger partial charge < -0.3 is 10.1 Å². The van der Waals surface area contributed by atoms with Crippen molar-refractivity contribution in [2.45, 2.75) is 97.4 Å². The molecule has 3 rings (SSSR count). The van der Waals surface area contributed by atoms with E-state index in [0.717, 1.165) is 24.3 Å². The summed E-state index contributed by atoms with van der Waals surface area (Å²) < 4.78 is 8.08. The Morgan fingerprint density at radius 3 is 2.24 bits per heavy atom. The lowest BCUT2D eigenvalue weighted by molar-refractivity contribution is -0.689. The van der Waals surface area contributed by atoms with E-state index in [1.54, 1.807) is 17.4 Å². The van der Waals surface area contributed by atoms with Crippen LogP contribution in [0.4, 0.5) is 5.69 Å². The van der Waals surface area contributed by atoms with Gasteiger partial charge in [0, 0.05) is 24.1 Å². The molecule has 0 spiro atoms. The Kier molecular flexibility index (Phi) is 13.7. The maximum atomic E-state index is 12.9. The van der Waals surface area contributed by atoms with Gasteiger partial charge in [0.05, 0.1) is 22.7 Å². The summed E-state index contributed by atoms with van der Waals surface area (Å²) in [4.78, 5) is 12.9. The van der Waals surface area contributed by atoms with Crippen LogP contribution < -0.4 is 14.6 Å². The van der Waals surface area contributed by atoms with Crippen LogP contribution in [0.15, 0.2) is 54.0 Å². The van der Waals surface area contributed by atoms with Crippen LogP contribution >= 0.6 is 22.9 Å². The van der Waals surface area contributed by atoms with Crippen molar-refractivity contribution < 1.29 is 14.1 Å². The molecule has 0 aliphatic rings. The lowest BCUT2D eigenvalue weighted by Crippen LogP contribution is -2.34. The van der Waals surface area contributed by atoms with Crippen molar-refractivity contribution in [1.29, 1.82) is 0 Å². The van der Waals surface area contributed by atoms with Crippen LogP contribution in [0.2, 0.25) is 5.02 Å². The molecule has 1 heterocycles. The van der Waals surface area contributed by atoms with Crippen LogP contribution in [-0.4, -0.2) is 12.5 Å². The number of hydrogen-bond acceptors (Lipinski definition) is 3. The number of carbonyl (C=O) groups is 1. The minimum absolute atomic E-state index is 0.175. The topological polar surface area (TPSA) is 42.2 Å². The summed E-state index contributed by atoms with van der Waals surface area (Å²) in [5, 5.41) is 6.71. The predicted octanol–water partition coefficient (Wildman–Crippen LogP) is 9.38. The fourth-order valence-electron chi connectivity index (χ4n) is 4.56. The minimum Gasteiger partial charge on any atom is -0.494 e. The zero-order chi connectivity index (χ0) is 27.0. The smallest absolute Gasteiger partial charge is 0.255 e. The normalized spacial score (nSPS) is 11.0. The van der Waals surface area contributed by atoms with Crippen molar-refractivity contribution in [2.75, 3.05) is 11.9 Å². The van der Waals surface area contributed by atoms with Crippen molar-refractivity contribution in [3.63, 3.8) is 0 Å². The first-order valence-electron chi connectivity index (χ1n) is 14.3. The number of benzene rings is 2. The molecule has 1 aromatic heterocycles. The summed E-state index contributed by atoms with van der Waals surface area (Å²) in [6.07, 6.45) is 18.0. The lowest BCUT2D eigenvalue weighted by Gasteiger charge is -2.11. The molecule has 1 N–H and O–H groups in total. The summed E-state index contributed by atoms with van der Waals surface area (Å²) in [5.74, 6) is 0.562. The van der Waals surface area contributed by atoms with Gasteiger partial charge in [0.1, 0.15) is 5.75 Å². The molecule has 38 heavy (non-hydrogen) atoms. The Bertz CT molecular complexity index is 1110. The third-order valence-corrected chi connectivity index (χ3v) is 8.03. The second-order valence-corrected chi connectivity index (χ2v) is 11.6. The minimum atomic E-state index is -0.175. The second-order valence-electron chi connectivity index (χ2n) is 10.1. The number of rotatable bonds is 18. The summed E-state index contributed by atoms with van der Waals surface area (Å²) in [7, 11) is 0. The summed E-state index contributed by atoms with van der Waals surface area (Å²) in [6.45, 7) is 5.79. The van der Waals surface area contributed by atoms with Gasteiger partial charge in [0.2, 0.25) is 5.01 Å². The van der Waals surface area contributed by atoms with Crippen LogP contribution in [0.3, 0.4) is 0 Å². The molecule has 0 atom stereocenters. The average molecular weight is 556 g/mol. The van der Waals surface area contributed by atoms with E-state index in [9.17, 15) is 4.79 Å². The molecule has 4 nitrogen and oxygen atoms in total. The van der Waals surface area contributed by atoms with Crippen molar-refractivity contribution in [1.82, 2.24) is 0 Å². The van der Waals surface area contributed by atoms with Crippen molar-refractivity contribution in [3.05, 3.63) is 75.2 Å². The first kappa shape index (κ1) is 30.2.